The van der Waals surface area contributed by atoms with Gasteiger partial charge in [-0.05, 0) is 18.2 Å². The van der Waals surface area contributed by atoms with Crippen molar-refractivity contribution in [3.63, 3.8) is 0 Å². The van der Waals surface area contributed by atoms with Crippen LogP contribution < -0.4 is 4.74 Å². The summed E-state index contributed by atoms with van der Waals surface area (Å²) < 4.78 is 6.84. The molecule has 0 unspecified atom stereocenters. The number of para-hydroxylation sites is 1. The van der Waals surface area contributed by atoms with E-state index in [1.54, 1.807) is 24.3 Å². The van der Waals surface area contributed by atoms with E-state index < -0.39 is 11.9 Å². The molecule has 0 amide bonds. The summed E-state index contributed by atoms with van der Waals surface area (Å²) in [6.07, 6.45) is 1.43. The standard InChI is InChI=1S/C14H13NO5/c16-13(17)8-15-7-6-11(14(18)19)12(15)9-20-10-4-2-1-3-5-10/h1-7H,8-9H2,(H,16,17)(H,18,19). The molecule has 2 N–H and O–H groups in total. The maximum absolute atomic E-state index is 11.1. The fourth-order valence-corrected chi connectivity index (χ4v) is 1.82. The predicted octanol–water partition coefficient (Wildman–Crippen LogP) is 1.85. The number of benzene rings is 1. The fraction of sp³-hybridized carbons (Fsp3) is 0.143. The van der Waals surface area contributed by atoms with Crippen molar-refractivity contribution in [3.05, 3.63) is 53.9 Å². The molecule has 1 aromatic heterocycles. The maximum atomic E-state index is 11.1. The number of aromatic nitrogens is 1. The molecule has 0 aliphatic heterocycles. The summed E-state index contributed by atoms with van der Waals surface area (Å²) in [7, 11) is 0. The molecule has 1 aromatic carbocycles. The lowest BCUT2D eigenvalue weighted by molar-refractivity contribution is -0.137. The van der Waals surface area contributed by atoms with Crippen LogP contribution in [0.1, 0.15) is 16.1 Å². The molecule has 0 fully saturated rings. The lowest BCUT2D eigenvalue weighted by Gasteiger charge is -2.10. The van der Waals surface area contributed by atoms with Crippen LogP contribution in [0.15, 0.2) is 42.6 Å². The molecular formula is C14H13NO5. The van der Waals surface area contributed by atoms with Crippen molar-refractivity contribution in [3.8, 4) is 5.75 Å². The van der Waals surface area contributed by atoms with Gasteiger partial charge in [0.2, 0.25) is 0 Å². The summed E-state index contributed by atoms with van der Waals surface area (Å²) in [6.45, 7) is -0.313. The average Bonchev–Trinajstić information content (AvgIpc) is 2.80. The Morgan fingerprint density at radius 2 is 1.80 bits per heavy atom. The Morgan fingerprint density at radius 1 is 1.10 bits per heavy atom. The zero-order chi connectivity index (χ0) is 14.5. The molecule has 0 saturated carbocycles. The SMILES string of the molecule is O=C(O)Cn1ccc(C(=O)O)c1COc1ccccc1. The van der Waals surface area contributed by atoms with Crippen LogP contribution in [-0.2, 0) is 17.9 Å². The highest BCUT2D eigenvalue weighted by Gasteiger charge is 2.17. The fourth-order valence-electron chi connectivity index (χ4n) is 1.82. The molecular weight excluding hydrogens is 262 g/mol. The van der Waals surface area contributed by atoms with Gasteiger partial charge in [0, 0.05) is 6.20 Å². The summed E-state index contributed by atoms with van der Waals surface area (Å²) >= 11 is 0. The normalized spacial score (nSPS) is 10.2. The van der Waals surface area contributed by atoms with Gasteiger partial charge in [0.25, 0.3) is 0 Å². The highest BCUT2D eigenvalue weighted by atomic mass is 16.5. The van der Waals surface area contributed by atoms with Gasteiger partial charge in [0.1, 0.15) is 18.9 Å². The topological polar surface area (TPSA) is 88.8 Å². The Kier molecular flexibility index (Phi) is 4.05. The molecule has 6 heteroatoms. The summed E-state index contributed by atoms with van der Waals surface area (Å²) in [6, 6.07) is 10.3. The monoisotopic (exact) mass is 275 g/mol. The second-order valence-electron chi connectivity index (χ2n) is 4.10. The molecule has 20 heavy (non-hydrogen) atoms. The number of hydrogen-bond acceptors (Lipinski definition) is 3. The zero-order valence-electron chi connectivity index (χ0n) is 10.5. The summed E-state index contributed by atoms with van der Waals surface area (Å²) in [5.41, 5.74) is 0.367. The Morgan fingerprint density at radius 3 is 2.40 bits per heavy atom. The highest BCUT2D eigenvalue weighted by Crippen LogP contribution is 2.16. The van der Waals surface area contributed by atoms with E-state index in [0.29, 0.717) is 11.4 Å². The molecule has 0 atom stereocenters. The number of aliphatic carboxylic acids is 1. The molecule has 104 valence electrons. The third kappa shape index (κ3) is 3.17. The minimum absolute atomic E-state index is 0.00801. The Hall–Kier alpha value is -2.76. The largest absolute Gasteiger partial charge is 0.487 e. The van der Waals surface area contributed by atoms with Crippen molar-refractivity contribution < 1.29 is 24.5 Å². The van der Waals surface area contributed by atoms with E-state index in [9.17, 15) is 9.59 Å². The van der Waals surface area contributed by atoms with Crippen LogP contribution in [0.5, 0.6) is 5.75 Å². The number of aromatic carboxylic acids is 1. The molecule has 0 saturated heterocycles. The molecule has 0 spiro atoms. The summed E-state index contributed by atoms with van der Waals surface area (Å²) in [5, 5.41) is 17.9. The number of nitrogens with zero attached hydrogens (tertiary/aromatic N) is 1. The van der Waals surface area contributed by atoms with E-state index in [1.165, 1.54) is 16.8 Å². The van der Waals surface area contributed by atoms with Crippen molar-refractivity contribution in [2.24, 2.45) is 0 Å². The number of hydrogen-bond donors (Lipinski definition) is 2. The van der Waals surface area contributed by atoms with Crippen molar-refractivity contribution in [2.45, 2.75) is 13.2 Å². The van der Waals surface area contributed by atoms with E-state index in [2.05, 4.69) is 0 Å². The van der Waals surface area contributed by atoms with E-state index in [-0.39, 0.29) is 18.7 Å². The highest BCUT2D eigenvalue weighted by molar-refractivity contribution is 5.89. The smallest absolute Gasteiger partial charge is 0.337 e. The quantitative estimate of drug-likeness (QED) is 0.839. The summed E-state index contributed by atoms with van der Waals surface area (Å²) in [4.78, 5) is 21.9. The lowest BCUT2D eigenvalue weighted by Crippen LogP contribution is -2.14. The first-order valence-electron chi connectivity index (χ1n) is 5.89. The second kappa shape index (κ2) is 5.92. The van der Waals surface area contributed by atoms with Gasteiger partial charge in [-0.3, -0.25) is 4.79 Å². The van der Waals surface area contributed by atoms with Gasteiger partial charge >= 0.3 is 11.9 Å². The van der Waals surface area contributed by atoms with Crippen LogP contribution in [0.3, 0.4) is 0 Å². The molecule has 1 heterocycles. The van der Waals surface area contributed by atoms with Gasteiger partial charge in [0.15, 0.2) is 0 Å². The number of carboxylic acid groups (broad SMARTS) is 2. The summed E-state index contributed by atoms with van der Waals surface area (Å²) in [5.74, 6) is -1.56. The third-order valence-corrected chi connectivity index (χ3v) is 2.73. The number of rotatable bonds is 6. The number of carboxylic acids is 2. The number of carbonyl (C=O) groups is 2. The first-order valence-corrected chi connectivity index (χ1v) is 5.89. The first kappa shape index (κ1) is 13.7. The Labute approximate surface area is 114 Å². The molecule has 2 rings (SSSR count). The minimum atomic E-state index is -1.11. The van der Waals surface area contributed by atoms with Gasteiger partial charge in [-0.2, -0.15) is 0 Å². The molecule has 2 aromatic rings. The van der Waals surface area contributed by atoms with Gasteiger partial charge in [-0.1, -0.05) is 18.2 Å². The third-order valence-electron chi connectivity index (χ3n) is 2.73. The Balaban J connectivity index is 2.21. The molecule has 0 bridgehead atoms. The van der Waals surface area contributed by atoms with Crippen molar-refractivity contribution in [1.29, 1.82) is 0 Å². The average molecular weight is 275 g/mol. The van der Waals surface area contributed by atoms with Crippen LogP contribution >= 0.6 is 0 Å². The lowest BCUT2D eigenvalue weighted by atomic mass is 10.2. The van der Waals surface area contributed by atoms with Crippen LogP contribution in [0, 0.1) is 0 Å². The van der Waals surface area contributed by atoms with Gasteiger partial charge in [0.05, 0.1) is 11.3 Å². The van der Waals surface area contributed by atoms with Crippen molar-refractivity contribution in [2.75, 3.05) is 0 Å². The van der Waals surface area contributed by atoms with Crippen LogP contribution in [0.4, 0.5) is 0 Å². The minimum Gasteiger partial charge on any atom is -0.487 e. The van der Waals surface area contributed by atoms with Crippen molar-refractivity contribution in [1.82, 2.24) is 4.57 Å². The van der Waals surface area contributed by atoms with Crippen LogP contribution in [-0.4, -0.2) is 26.7 Å². The van der Waals surface area contributed by atoms with E-state index >= 15 is 0 Å². The van der Waals surface area contributed by atoms with E-state index in [1.807, 2.05) is 6.07 Å². The van der Waals surface area contributed by atoms with Crippen LogP contribution in [0.25, 0.3) is 0 Å². The predicted molar refractivity (Wildman–Crippen MR) is 69.8 cm³/mol. The van der Waals surface area contributed by atoms with Gasteiger partial charge in [-0.25, -0.2) is 4.79 Å². The van der Waals surface area contributed by atoms with Crippen molar-refractivity contribution >= 4 is 11.9 Å². The molecule has 0 aliphatic rings. The Bertz CT molecular complexity index is 618. The van der Waals surface area contributed by atoms with E-state index in [0.717, 1.165) is 0 Å². The maximum Gasteiger partial charge on any atom is 0.337 e. The van der Waals surface area contributed by atoms with Crippen LogP contribution in [0.2, 0.25) is 0 Å². The van der Waals surface area contributed by atoms with Gasteiger partial charge < -0.3 is 19.5 Å². The number of ether oxygens (including phenoxy) is 1. The zero-order valence-corrected chi connectivity index (χ0v) is 10.5. The van der Waals surface area contributed by atoms with Gasteiger partial charge in [-0.15, -0.1) is 0 Å². The first-order chi connectivity index (χ1) is 9.58. The van der Waals surface area contributed by atoms with E-state index in [4.69, 9.17) is 14.9 Å². The molecule has 0 radical (unpaired) electrons. The molecule has 0 aliphatic carbocycles. The molecule has 6 nitrogen and oxygen atoms in total. The second-order valence-corrected chi connectivity index (χ2v) is 4.10.